The molecule has 4 aliphatic rings. The van der Waals surface area contributed by atoms with Gasteiger partial charge >= 0.3 is 5.97 Å². The number of ether oxygens (including phenoxy) is 1. The fourth-order valence-electron chi connectivity index (χ4n) is 7.46. The van der Waals surface area contributed by atoms with E-state index >= 15 is 0 Å². The molecule has 1 N–H and O–H groups in total. The van der Waals surface area contributed by atoms with Crippen molar-refractivity contribution >= 4 is 29.5 Å². The summed E-state index contributed by atoms with van der Waals surface area (Å²) in [4.78, 5) is 45.9. The highest BCUT2D eigenvalue weighted by Crippen LogP contribution is 2.67. The Morgan fingerprint density at radius 1 is 1.21 bits per heavy atom. The van der Waals surface area contributed by atoms with Crippen molar-refractivity contribution in [3.8, 4) is 0 Å². The van der Waals surface area contributed by atoms with Crippen molar-refractivity contribution in [3.05, 3.63) is 25.3 Å². The number of carbonyl (C=O) groups excluding carboxylic acids is 3. The fourth-order valence-corrected chi connectivity index (χ4v) is 9.64. The number of nitrogens with zero attached hydrogens (tertiary/aromatic N) is 2. The summed E-state index contributed by atoms with van der Waals surface area (Å²) in [6, 6.07) is -1.02. The number of rotatable bonds is 13. The Morgan fingerprint density at radius 2 is 1.95 bits per heavy atom. The number of likely N-dealkylation sites (tertiary alicyclic amines) is 1. The second-order valence-electron chi connectivity index (χ2n) is 11.9. The minimum Gasteiger partial charge on any atom is -0.465 e. The van der Waals surface area contributed by atoms with Gasteiger partial charge in [-0.3, -0.25) is 14.4 Å². The number of amides is 2. The van der Waals surface area contributed by atoms with Gasteiger partial charge in [0.25, 0.3) is 0 Å². The lowest BCUT2D eigenvalue weighted by Gasteiger charge is -2.42. The summed E-state index contributed by atoms with van der Waals surface area (Å²) < 4.78 is 5.00. The zero-order valence-corrected chi connectivity index (χ0v) is 24.0. The summed E-state index contributed by atoms with van der Waals surface area (Å²) in [5.74, 6) is -1.42. The zero-order valence-electron chi connectivity index (χ0n) is 23.2. The Hall–Kier alpha value is -1.80. The van der Waals surface area contributed by atoms with E-state index in [9.17, 15) is 19.5 Å². The number of unbranched alkanes of at least 4 members (excludes halogenated alkanes) is 1. The van der Waals surface area contributed by atoms with Crippen LogP contribution in [-0.2, 0) is 19.1 Å². The SMILES string of the molecule is C=CCCCOC(=O)[C@@H]1[C@H]2C(=O)N([C@@H](CO)CC(C)C)C(C(=O)N(CC=C)C3CCCCC3)C23CC[C@H]1S3. The average Bonchev–Trinajstić information content (AvgIpc) is 3.55. The predicted octanol–water partition coefficient (Wildman–Crippen LogP) is 4.34. The lowest BCUT2D eigenvalue weighted by molar-refractivity contribution is -0.154. The largest absolute Gasteiger partial charge is 0.465 e. The second kappa shape index (κ2) is 12.6. The van der Waals surface area contributed by atoms with Gasteiger partial charge in [0, 0.05) is 17.8 Å². The van der Waals surface area contributed by atoms with Crippen LogP contribution in [0.1, 0.15) is 78.1 Å². The maximum absolute atomic E-state index is 14.6. The average molecular weight is 547 g/mol. The molecule has 1 saturated carbocycles. The van der Waals surface area contributed by atoms with Gasteiger partial charge in [-0.15, -0.1) is 24.9 Å². The third-order valence-electron chi connectivity index (χ3n) is 9.01. The van der Waals surface area contributed by atoms with Gasteiger partial charge in [-0.2, -0.15) is 0 Å². The van der Waals surface area contributed by atoms with Crippen LogP contribution in [0.2, 0.25) is 0 Å². The first kappa shape index (κ1) is 29.2. The summed E-state index contributed by atoms with van der Waals surface area (Å²) >= 11 is 1.67. The van der Waals surface area contributed by atoms with Crippen molar-refractivity contribution in [2.45, 2.75) is 106 Å². The lowest BCUT2D eigenvalue weighted by atomic mass is 9.71. The summed E-state index contributed by atoms with van der Waals surface area (Å²) in [6.45, 7) is 12.3. The molecule has 2 unspecified atom stereocenters. The molecule has 1 spiro atoms. The molecule has 0 aromatic carbocycles. The van der Waals surface area contributed by atoms with Crippen molar-refractivity contribution in [2.24, 2.45) is 17.8 Å². The van der Waals surface area contributed by atoms with Gasteiger partial charge in [0.1, 0.15) is 6.04 Å². The third kappa shape index (κ3) is 5.32. The Labute approximate surface area is 232 Å². The molecule has 6 atom stereocenters. The first-order valence-corrected chi connectivity index (χ1v) is 15.5. The zero-order chi connectivity index (χ0) is 27.4. The van der Waals surface area contributed by atoms with Crippen LogP contribution in [0.4, 0.5) is 0 Å². The first-order valence-electron chi connectivity index (χ1n) is 14.6. The molecular formula is C30H46N2O5S. The van der Waals surface area contributed by atoms with Gasteiger partial charge in [-0.1, -0.05) is 45.3 Å². The first-order chi connectivity index (χ1) is 18.3. The second-order valence-corrected chi connectivity index (χ2v) is 13.5. The molecule has 3 aliphatic heterocycles. The number of fused-ring (bicyclic) bond motifs is 1. The minimum atomic E-state index is -0.689. The molecular weight excluding hydrogens is 500 g/mol. The Kier molecular flexibility index (Phi) is 9.67. The van der Waals surface area contributed by atoms with E-state index in [1.165, 1.54) is 6.42 Å². The number of hydrogen-bond acceptors (Lipinski definition) is 6. The van der Waals surface area contributed by atoms with E-state index < -0.39 is 28.7 Å². The van der Waals surface area contributed by atoms with Gasteiger partial charge in [0.2, 0.25) is 11.8 Å². The van der Waals surface area contributed by atoms with Gasteiger partial charge in [-0.05, 0) is 50.9 Å². The maximum Gasteiger partial charge on any atom is 0.310 e. The molecule has 2 amide bonds. The van der Waals surface area contributed by atoms with Crippen LogP contribution in [-0.4, -0.2) is 80.6 Å². The summed E-state index contributed by atoms with van der Waals surface area (Å²) in [6.07, 6.45) is 12.5. The van der Waals surface area contributed by atoms with E-state index in [4.69, 9.17) is 4.74 Å². The molecule has 7 nitrogen and oxygen atoms in total. The smallest absolute Gasteiger partial charge is 0.310 e. The summed E-state index contributed by atoms with van der Waals surface area (Å²) in [5.41, 5.74) is 0. The van der Waals surface area contributed by atoms with Crippen LogP contribution in [0, 0.1) is 17.8 Å². The van der Waals surface area contributed by atoms with Gasteiger partial charge in [-0.25, -0.2) is 0 Å². The fraction of sp³-hybridized carbons (Fsp3) is 0.767. The van der Waals surface area contributed by atoms with Crippen LogP contribution in [0.25, 0.3) is 0 Å². The number of aliphatic hydroxyl groups is 1. The summed E-state index contributed by atoms with van der Waals surface area (Å²) in [5, 5.41) is 10.5. The van der Waals surface area contributed by atoms with Gasteiger partial charge in [0.05, 0.1) is 35.8 Å². The van der Waals surface area contributed by atoms with E-state index in [1.54, 1.807) is 28.8 Å². The summed E-state index contributed by atoms with van der Waals surface area (Å²) in [7, 11) is 0. The van der Waals surface area contributed by atoms with E-state index in [0.29, 0.717) is 26.0 Å². The van der Waals surface area contributed by atoms with E-state index in [1.807, 2.05) is 4.90 Å². The maximum atomic E-state index is 14.6. The highest BCUT2D eigenvalue weighted by atomic mass is 32.2. The van der Waals surface area contributed by atoms with Crippen molar-refractivity contribution < 1.29 is 24.2 Å². The van der Waals surface area contributed by atoms with Crippen LogP contribution >= 0.6 is 11.8 Å². The molecule has 3 heterocycles. The highest BCUT2D eigenvalue weighted by molar-refractivity contribution is 8.02. The highest BCUT2D eigenvalue weighted by Gasteiger charge is 2.74. The molecule has 3 saturated heterocycles. The van der Waals surface area contributed by atoms with E-state index in [0.717, 1.165) is 44.9 Å². The molecule has 4 rings (SSSR count). The number of esters is 1. The van der Waals surface area contributed by atoms with Crippen LogP contribution in [0.15, 0.2) is 25.3 Å². The number of allylic oxidation sites excluding steroid dienone is 1. The number of carbonyl (C=O) groups is 3. The van der Waals surface area contributed by atoms with Gasteiger partial charge < -0.3 is 19.6 Å². The molecule has 0 radical (unpaired) electrons. The monoisotopic (exact) mass is 546 g/mol. The molecule has 38 heavy (non-hydrogen) atoms. The standard InChI is InChI=1S/C30H46N2O5S/c1-5-7-11-17-37-29(36)24-23-14-15-30(38-23)25(24)27(34)32(22(19-33)18-20(3)4)26(30)28(35)31(16-6-2)21-12-9-8-10-13-21/h5-6,20-26,33H,1-2,7-19H2,3-4H3/t22-,23-,24+,25+,26?,30?/m1/s1. The number of aliphatic hydroxyl groups excluding tert-OH is 1. The Morgan fingerprint density at radius 3 is 2.58 bits per heavy atom. The predicted molar refractivity (Wildman–Crippen MR) is 150 cm³/mol. The molecule has 1 aliphatic carbocycles. The quantitative estimate of drug-likeness (QED) is 0.210. The Bertz CT molecular complexity index is 903. The van der Waals surface area contributed by atoms with Crippen LogP contribution < -0.4 is 0 Å². The molecule has 0 aromatic rings. The van der Waals surface area contributed by atoms with Crippen LogP contribution in [0.3, 0.4) is 0 Å². The number of hydrogen-bond donors (Lipinski definition) is 1. The lowest BCUT2D eigenvalue weighted by Crippen LogP contribution is -2.59. The minimum absolute atomic E-state index is 0.0199. The van der Waals surface area contributed by atoms with E-state index in [2.05, 4.69) is 27.0 Å². The van der Waals surface area contributed by atoms with Gasteiger partial charge in [0.15, 0.2) is 0 Å². The molecule has 8 heteroatoms. The van der Waals surface area contributed by atoms with Crippen molar-refractivity contribution in [1.29, 1.82) is 0 Å². The molecule has 212 valence electrons. The molecule has 4 fully saturated rings. The van der Waals surface area contributed by atoms with Crippen molar-refractivity contribution in [2.75, 3.05) is 19.8 Å². The normalized spacial score (nSPS) is 31.4. The topological polar surface area (TPSA) is 87.1 Å². The van der Waals surface area contributed by atoms with Crippen LogP contribution in [0.5, 0.6) is 0 Å². The van der Waals surface area contributed by atoms with Crippen molar-refractivity contribution in [3.63, 3.8) is 0 Å². The van der Waals surface area contributed by atoms with E-state index in [-0.39, 0.29) is 41.6 Å². The van der Waals surface area contributed by atoms with Crippen molar-refractivity contribution in [1.82, 2.24) is 9.80 Å². The third-order valence-corrected chi connectivity index (χ3v) is 11.0. The number of thioether (sulfide) groups is 1. The molecule has 0 aromatic heterocycles. The Balaban J connectivity index is 1.70. The molecule has 2 bridgehead atoms.